The van der Waals surface area contributed by atoms with Crippen molar-refractivity contribution in [2.45, 2.75) is 66.2 Å². The molecule has 2 fully saturated rings. The Kier molecular flexibility index (Phi) is 5.04. The third-order valence-corrected chi connectivity index (χ3v) is 7.04. The van der Waals surface area contributed by atoms with E-state index in [-0.39, 0.29) is 34.0 Å². The Morgan fingerprint density at radius 1 is 0.815 bits per heavy atom. The molecule has 0 aliphatic heterocycles. The molecule has 4 nitrogen and oxygen atoms in total. The Balaban J connectivity index is 2.07. The zero-order chi connectivity index (χ0) is 20.1. The van der Waals surface area contributed by atoms with Gasteiger partial charge in [-0.05, 0) is 34.8 Å². The summed E-state index contributed by atoms with van der Waals surface area (Å²) in [6.07, 6.45) is 1.24. The quantitative estimate of drug-likeness (QED) is 0.725. The van der Waals surface area contributed by atoms with Gasteiger partial charge in [0.05, 0.1) is 11.8 Å². The molecule has 5 heteroatoms. The normalized spacial score (nSPS) is 24.1. The zero-order valence-corrected chi connectivity index (χ0v) is 17.6. The van der Waals surface area contributed by atoms with Crippen molar-refractivity contribution in [2.24, 2.45) is 22.7 Å². The molecule has 0 saturated heterocycles. The summed E-state index contributed by atoms with van der Waals surface area (Å²) >= 11 is 1.44. The minimum atomic E-state index is -0.880. The highest BCUT2D eigenvalue weighted by Gasteiger charge is 2.52. The minimum Gasteiger partial charge on any atom is -0.299 e. The van der Waals surface area contributed by atoms with Crippen LogP contribution in [0.25, 0.3) is 0 Å². The van der Waals surface area contributed by atoms with E-state index in [0.717, 1.165) is 10.4 Å². The van der Waals surface area contributed by atoms with Crippen molar-refractivity contribution in [3.8, 4) is 0 Å². The number of ketones is 4. The van der Waals surface area contributed by atoms with Crippen LogP contribution in [0.15, 0.2) is 11.4 Å². The van der Waals surface area contributed by atoms with Crippen LogP contribution in [0.5, 0.6) is 0 Å². The predicted octanol–water partition coefficient (Wildman–Crippen LogP) is 4.29. The molecular weight excluding hydrogens is 360 g/mol. The van der Waals surface area contributed by atoms with Gasteiger partial charge in [0, 0.05) is 36.5 Å². The lowest BCUT2D eigenvalue weighted by Gasteiger charge is -2.41. The maximum atomic E-state index is 13.0. The first kappa shape index (κ1) is 20.1. The molecule has 0 bridgehead atoms. The van der Waals surface area contributed by atoms with E-state index in [4.69, 9.17) is 0 Å². The SMILES string of the molecule is Cc1ccsc1C(C1C(=O)CC(C)(C)CC1=O)C1C(=O)CC(C)(C)CC1=O. The second kappa shape index (κ2) is 6.77. The van der Waals surface area contributed by atoms with E-state index in [1.165, 1.54) is 11.3 Å². The topological polar surface area (TPSA) is 68.3 Å². The molecule has 0 spiro atoms. The smallest absolute Gasteiger partial charge is 0.144 e. The van der Waals surface area contributed by atoms with Crippen LogP contribution in [0.4, 0.5) is 0 Å². The molecule has 2 aliphatic rings. The number of carbonyl (C=O) groups excluding carboxylic acids is 4. The van der Waals surface area contributed by atoms with E-state index in [9.17, 15) is 19.2 Å². The van der Waals surface area contributed by atoms with Gasteiger partial charge in [0.2, 0.25) is 0 Å². The van der Waals surface area contributed by atoms with Crippen molar-refractivity contribution in [3.63, 3.8) is 0 Å². The summed E-state index contributed by atoms with van der Waals surface area (Å²) in [6, 6.07) is 1.93. The van der Waals surface area contributed by atoms with Crippen LogP contribution in [0, 0.1) is 29.6 Å². The molecule has 1 aromatic rings. The Morgan fingerprint density at radius 2 is 1.19 bits per heavy atom. The lowest BCUT2D eigenvalue weighted by atomic mass is 9.60. The minimum absolute atomic E-state index is 0.125. The highest BCUT2D eigenvalue weighted by atomic mass is 32.1. The number of Topliss-reactive ketones (excluding diaryl/α,β-unsaturated/α-hetero) is 4. The fourth-order valence-corrected chi connectivity index (χ4v) is 5.93. The van der Waals surface area contributed by atoms with E-state index >= 15 is 0 Å². The number of hydrogen-bond acceptors (Lipinski definition) is 5. The second-order valence-corrected chi connectivity index (χ2v) is 10.8. The Bertz CT molecular complexity index is 726. The van der Waals surface area contributed by atoms with Gasteiger partial charge in [-0.2, -0.15) is 0 Å². The van der Waals surface area contributed by atoms with E-state index in [0.29, 0.717) is 25.7 Å². The summed E-state index contributed by atoms with van der Waals surface area (Å²) in [5.41, 5.74) is 0.228. The number of rotatable bonds is 3. The molecule has 0 amide bonds. The maximum Gasteiger partial charge on any atom is 0.144 e. The monoisotopic (exact) mass is 388 g/mol. The van der Waals surface area contributed by atoms with Crippen LogP contribution in [0.2, 0.25) is 0 Å². The maximum absolute atomic E-state index is 13.0. The summed E-state index contributed by atoms with van der Waals surface area (Å²) in [7, 11) is 0. The number of thiophene rings is 1. The third-order valence-electron chi connectivity index (χ3n) is 5.92. The lowest BCUT2D eigenvalue weighted by Crippen LogP contribution is -2.48. The van der Waals surface area contributed by atoms with Gasteiger partial charge in [0.15, 0.2) is 0 Å². The average Bonchev–Trinajstić information content (AvgIpc) is 2.87. The summed E-state index contributed by atoms with van der Waals surface area (Å²) < 4.78 is 0. The molecular formula is C22H28O4S. The molecule has 0 aromatic carbocycles. The molecule has 27 heavy (non-hydrogen) atoms. The molecule has 146 valence electrons. The van der Waals surface area contributed by atoms with Gasteiger partial charge in [-0.25, -0.2) is 0 Å². The van der Waals surface area contributed by atoms with Crippen molar-refractivity contribution >= 4 is 34.5 Å². The van der Waals surface area contributed by atoms with E-state index < -0.39 is 17.8 Å². The van der Waals surface area contributed by atoms with Crippen LogP contribution in [-0.2, 0) is 19.2 Å². The van der Waals surface area contributed by atoms with E-state index in [1.54, 1.807) is 0 Å². The van der Waals surface area contributed by atoms with E-state index in [1.807, 2.05) is 46.1 Å². The molecule has 0 atom stereocenters. The highest BCUT2D eigenvalue weighted by molar-refractivity contribution is 7.10. The van der Waals surface area contributed by atoms with E-state index in [2.05, 4.69) is 0 Å². The molecule has 1 aromatic heterocycles. The van der Waals surface area contributed by atoms with Gasteiger partial charge < -0.3 is 0 Å². The lowest BCUT2D eigenvalue weighted by molar-refractivity contribution is -0.145. The van der Waals surface area contributed by atoms with Crippen molar-refractivity contribution in [3.05, 3.63) is 21.9 Å². The molecule has 0 unspecified atom stereocenters. The first-order valence-corrected chi connectivity index (χ1v) is 10.4. The fraction of sp³-hybridized carbons (Fsp3) is 0.636. The Morgan fingerprint density at radius 3 is 1.48 bits per heavy atom. The fourth-order valence-electron chi connectivity index (χ4n) is 4.83. The van der Waals surface area contributed by atoms with Gasteiger partial charge in [0.1, 0.15) is 23.1 Å². The third kappa shape index (κ3) is 3.84. The molecule has 0 N–H and O–H groups in total. The summed E-state index contributed by atoms with van der Waals surface area (Å²) in [5.74, 6) is -2.90. The number of carbonyl (C=O) groups is 4. The number of aryl methyl sites for hydroxylation is 1. The first-order valence-electron chi connectivity index (χ1n) is 9.57. The van der Waals surface area contributed by atoms with Crippen molar-refractivity contribution in [1.82, 2.24) is 0 Å². The molecule has 0 radical (unpaired) electrons. The van der Waals surface area contributed by atoms with Gasteiger partial charge >= 0.3 is 0 Å². The predicted molar refractivity (Wildman–Crippen MR) is 105 cm³/mol. The number of hydrogen-bond donors (Lipinski definition) is 0. The van der Waals surface area contributed by atoms with Gasteiger partial charge in [-0.15, -0.1) is 11.3 Å². The van der Waals surface area contributed by atoms with Crippen LogP contribution >= 0.6 is 11.3 Å². The molecule has 3 rings (SSSR count). The average molecular weight is 389 g/mol. The molecule has 1 heterocycles. The Labute approximate surface area is 164 Å². The van der Waals surface area contributed by atoms with Crippen molar-refractivity contribution in [2.75, 3.05) is 0 Å². The van der Waals surface area contributed by atoms with Gasteiger partial charge in [0.25, 0.3) is 0 Å². The largest absolute Gasteiger partial charge is 0.299 e. The zero-order valence-electron chi connectivity index (χ0n) is 16.8. The van der Waals surface area contributed by atoms with Crippen LogP contribution in [0.1, 0.15) is 69.7 Å². The highest BCUT2D eigenvalue weighted by Crippen LogP contribution is 2.48. The van der Waals surface area contributed by atoms with Crippen LogP contribution in [0.3, 0.4) is 0 Å². The van der Waals surface area contributed by atoms with Crippen LogP contribution in [-0.4, -0.2) is 23.1 Å². The van der Waals surface area contributed by atoms with Crippen molar-refractivity contribution in [1.29, 1.82) is 0 Å². The molecule has 2 aliphatic carbocycles. The first-order chi connectivity index (χ1) is 12.4. The summed E-state index contributed by atoms with van der Waals surface area (Å²) in [5, 5.41) is 1.90. The van der Waals surface area contributed by atoms with Gasteiger partial charge in [-0.3, -0.25) is 19.2 Å². The van der Waals surface area contributed by atoms with Gasteiger partial charge in [-0.1, -0.05) is 27.7 Å². The second-order valence-electron chi connectivity index (χ2n) is 9.85. The summed E-state index contributed by atoms with van der Waals surface area (Å²) in [6.45, 7) is 9.60. The van der Waals surface area contributed by atoms with Crippen LogP contribution < -0.4 is 0 Å². The standard InChI is InChI=1S/C22H28O4S/c1-12-6-7-27-20(12)19(17-13(23)8-21(2,3)9-14(17)24)18-15(25)10-22(4,5)11-16(18)26/h6-7,17-19H,8-11H2,1-5H3. The Hall–Kier alpha value is -1.62. The summed E-state index contributed by atoms with van der Waals surface area (Å²) in [4.78, 5) is 52.9. The van der Waals surface area contributed by atoms with Crippen molar-refractivity contribution < 1.29 is 19.2 Å². The molecule has 2 saturated carbocycles.